The number of amides is 1. The van der Waals surface area contributed by atoms with Gasteiger partial charge < -0.3 is 10.2 Å². The number of hydrogen-bond donors (Lipinski definition) is 1. The second-order valence-corrected chi connectivity index (χ2v) is 8.27. The highest BCUT2D eigenvalue weighted by molar-refractivity contribution is 8.12. The number of piperidine rings is 1. The summed E-state index contributed by atoms with van der Waals surface area (Å²) in [5.74, 6) is 1.17. The monoisotopic (exact) mass is 374 g/mol. The number of hydrogen-bond acceptors (Lipinski definition) is 5. The topological polar surface area (TPSA) is 58.1 Å². The van der Waals surface area contributed by atoms with Crippen LogP contribution >= 0.6 is 11.8 Å². The first-order chi connectivity index (χ1) is 12.4. The Balaban J connectivity index is 2.15. The summed E-state index contributed by atoms with van der Waals surface area (Å²) in [7, 11) is 1.89. The highest BCUT2D eigenvalue weighted by Gasteiger charge is 2.28. The molecule has 2 rings (SSSR count). The van der Waals surface area contributed by atoms with Gasteiger partial charge in [0.15, 0.2) is 0 Å². The second kappa shape index (κ2) is 9.33. The van der Waals surface area contributed by atoms with Crippen molar-refractivity contribution in [2.75, 3.05) is 20.1 Å². The van der Waals surface area contributed by atoms with Crippen LogP contribution in [0.5, 0.6) is 0 Å². The van der Waals surface area contributed by atoms with Crippen molar-refractivity contribution in [2.45, 2.75) is 40.2 Å². The van der Waals surface area contributed by atoms with E-state index in [1.807, 2.05) is 31.9 Å². The molecule has 1 fully saturated rings. The van der Waals surface area contributed by atoms with E-state index in [-0.39, 0.29) is 11.9 Å². The van der Waals surface area contributed by atoms with Gasteiger partial charge in [0.1, 0.15) is 0 Å². The molecule has 2 heterocycles. The molecule has 0 aromatic carbocycles. The summed E-state index contributed by atoms with van der Waals surface area (Å²) in [5, 5.41) is 3.19. The molecule has 6 heteroatoms. The fraction of sp³-hybridized carbons (Fsp3) is 0.550. The van der Waals surface area contributed by atoms with Crippen LogP contribution in [0.15, 0.2) is 30.0 Å². The molecule has 3 atom stereocenters. The normalized spacial score (nSPS) is 22.2. The molecule has 1 saturated heterocycles. The van der Waals surface area contributed by atoms with E-state index in [1.54, 1.807) is 12.4 Å². The summed E-state index contributed by atoms with van der Waals surface area (Å²) in [4.78, 5) is 25.3. The first-order valence-electron chi connectivity index (χ1n) is 9.18. The molecule has 0 radical (unpaired) electrons. The number of nitrogens with zero attached hydrogens (tertiary/aromatic N) is 3. The molecule has 1 aliphatic heterocycles. The number of carbonyl (C=O) groups excluding carboxylic acids is 1. The third kappa shape index (κ3) is 4.95. The van der Waals surface area contributed by atoms with E-state index in [0.29, 0.717) is 16.7 Å². The molecule has 1 aromatic rings. The zero-order valence-corrected chi connectivity index (χ0v) is 17.3. The van der Waals surface area contributed by atoms with Gasteiger partial charge in [0.2, 0.25) is 0 Å². The molecule has 1 N–H and O–H groups in total. The Morgan fingerprint density at radius 1 is 1.35 bits per heavy atom. The van der Waals surface area contributed by atoms with Crippen LogP contribution in [-0.2, 0) is 4.79 Å². The Labute approximate surface area is 161 Å². The molecule has 142 valence electrons. The molecule has 26 heavy (non-hydrogen) atoms. The Morgan fingerprint density at radius 3 is 2.54 bits per heavy atom. The number of rotatable bonds is 6. The van der Waals surface area contributed by atoms with Crippen LogP contribution in [0.3, 0.4) is 0 Å². The minimum absolute atomic E-state index is 0.0598. The molecular weight excluding hydrogens is 344 g/mol. The Hall–Kier alpha value is -1.66. The Bertz CT molecular complexity index is 678. The van der Waals surface area contributed by atoms with Gasteiger partial charge in [-0.2, -0.15) is 0 Å². The summed E-state index contributed by atoms with van der Waals surface area (Å²) in [6.07, 6.45) is 6.40. The molecular formula is C20H30N4OS. The predicted octanol–water partition coefficient (Wildman–Crippen LogP) is 3.87. The average Bonchev–Trinajstić information content (AvgIpc) is 2.63. The van der Waals surface area contributed by atoms with E-state index >= 15 is 0 Å². The SMILES string of the molecule is C=C(S/C(=C\C)C(=O)N1CC(C)CC(C)C1)c1nccnc1C(C)NC. The van der Waals surface area contributed by atoms with E-state index in [2.05, 4.69) is 35.7 Å². The molecule has 0 spiro atoms. The van der Waals surface area contributed by atoms with E-state index in [4.69, 9.17) is 0 Å². The fourth-order valence-electron chi connectivity index (χ4n) is 3.41. The molecule has 0 aliphatic carbocycles. The lowest BCUT2D eigenvalue weighted by molar-refractivity contribution is -0.128. The van der Waals surface area contributed by atoms with Crippen LogP contribution in [0.2, 0.25) is 0 Å². The van der Waals surface area contributed by atoms with Gasteiger partial charge in [-0.15, -0.1) is 0 Å². The number of allylic oxidation sites excluding steroid dienone is 1. The van der Waals surface area contributed by atoms with Gasteiger partial charge in [-0.25, -0.2) is 0 Å². The van der Waals surface area contributed by atoms with Gasteiger partial charge in [-0.3, -0.25) is 14.8 Å². The van der Waals surface area contributed by atoms with Crippen LogP contribution < -0.4 is 5.32 Å². The van der Waals surface area contributed by atoms with Crippen LogP contribution in [0, 0.1) is 11.8 Å². The highest BCUT2D eigenvalue weighted by Crippen LogP contribution is 2.35. The van der Waals surface area contributed by atoms with E-state index in [9.17, 15) is 4.79 Å². The quantitative estimate of drug-likeness (QED) is 0.766. The smallest absolute Gasteiger partial charge is 0.260 e. The maximum Gasteiger partial charge on any atom is 0.260 e. The van der Waals surface area contributed by atoms with E-state index in [1.165, 1.54) is 18.2 Å². The Morgan fingerprint density at radius 2 is 1.96 bits per heavy atom. The van der Waals surface area contributed by atoms with Crippen molar-refractivity contribution in [1.82, 2.24) is 20.2 Å². The van der Waals surface area contributed by atoms with Gasteiger partial charge in [-0.1, -0.05) is 38.3 Å². The lowest BCUT2D eigenvalue weighted by Crippen LogP contribution is -2.42. The third-order valence-electron chi connectivity index (χ3n) is 4.70. The van der Waals surface area contributed by atoms with Crippen molar-refractivity contribution in [3.8, 4) is 0 Å². The number of likely N-dealkylation sites (tertiary alicyclic amines) is 1. The maximum atomic E-state index is 13.0. The summed E-state index contributed by atoms with van der Waals surface area (Å²) >= 11 is 1.39. The fourth-order valence-corrected chi connectivity index (χ4v) is 4.26. The summed E-state index contributed by atoms with van der Waals surface area (Å²) in [6, 6.07) is 0.0598. The summed E-state index contributed by atoms with van der Waals surface area (Å²) < 4.78 is 0. The van der Waals surface area contributed by atoms with Crippen molar-refractivity contribution in [1.29, 1.82) is 0 Å². The number of carbonyl (C=O) groups is 1. The van der Waals surface area contributed by atoms with Crippen LogP contribution in [0.1, 0.15) is 51.5 Å². The minimum Gasteiger partial charge on any atom is -0.338 e. The highest BCUT2D eigenvalue weighted by atomic mass is 32.2. The maximum absolute atomic E-state index is 13.0. The number of nitrogens with one attached hydrogen (secondary N) is 1. The predicted molar refractivity (Wildman–Crippen MR) is 109 cm³/mol. The largest absolute Gasteiger partial charge is 0.338 e. The van der Waals surface area contributed by atoms with Crippen molar-refractivity contribution in [3.63, 3.8) is 0 Å². The van der Waals surface area contributed by atoms with Gasteiger partial charge in [0.05, 0.1) is 16.3 Å². The van der Waals surface area contributed by atoms with Crippen LogP contribution in [-0.4, -0.2) is 40.9 Å². The molecule has 0 bridgehead atoms. The molecule has 1 amide bonds. The van der Waals surface area contributed by atoms with E-state index in [0.717, 1.165) is 29.4 Å². The van der Waals surface area contributed by atoms with Crippen LogP contribution in [0.25, 0.3) is 4.91 Å². The number of thioether (sulfide) groups is 1. The standard InChI is InChI=1S/C20H30N4OS/c1-7-17(20(25)24-11-13(2)10-14(3)12-24)26-16(5)19-18(15(4)21-6)22-8-9-23-19/h7-9,13-15,21H,5,10-12H2,1-4,6H3/b17-7-. The van der Waals surface area contributed by atoms with Gasteiger partial charge in [0.25, 0.3) is 5.91 Å². The molecule has 1 aromatic heterocycles. The van der Waals surface area contributed by atoms with Crippen molar-refractivity contribution >= 4 is 22.6 Å². The third-order valence-corrected chi connectivity index (χ3v) is 5.77. The van der Waals surface area contributed by atoms with Crippen molar-refractivity contribution in [2.24, 2.45) is 11.8 Å². The molecule has 1 aliphatic rings. The minimum atomic E-state index is 0.0598. The van der Waals surface area contributed by atoms with Gasteiger partial charge in [0, 0.05) is 36.4 Å². The molecule has 0 saturated carbocycles. The van der Waals surface area contributed by atoms with E-state index < -0.39 is 0 Å². The van der Waals surface area contributed by atoms with Crippen molar-refractivity contribution < 1.29 is 4.79 Å². The zero-order chi connectivity index (χ0) is 19.3. The summed E-state index contributed by atoms with van der Waals surface area (Å²) in [6.45, 7) is 14.2. The van der Waals surface area contributed by atoms with Crippen molar-refractivity contribution in [3.05, 3.63) is 41.3 Å². The molecule has 5 nitrogen and oxygen atoms in total. The van der Waals surface area contributed by atoms with Crippen LogP contribution in [0.4, 0.5) is 0 Å². The molecule has 3 unspecified atom stereocenters. The first kappa shape index (κ1) is 20.6. The second-order valence-electron chi connectivity index (χ2n) is 7.13. The lowest BCUT2D eigenvalue weighted by atomic mass is 9.92. The first-order valence-corrected chi connectivity index (χ1v) is 9.99. The lowest BCUT2D eigenvalue weighted by Gasteiger charge is -2.35. The van der Waals surface area contributed by atoms with Gasteiger partial charge >= 0.3 is 0 Å². The zero-order valence-electron chi connectivity index (χ0n) is 16.5. The number of aromatic nitrogens is 2. The van der Waals surface area contributed by atoms with Gasteiger partial charge in [-0.05, 0) is 39.2 Å². The summed E-state index contributed by atoms with van der Waals surface area (Å²) in [5.41, 5.74) is 1.59. The Kier molecular flexibility index (Phi) is 7.41. The average molecular weight is 375 g/mol.